The molecule has 3 heteroatoms. The van der Waals surface area contributed by atoms with Crippen LogP contribution in [0.1, 0.15) is 11.1 Å². The molecule has 0 N–H and O–H groups in total. The van der Waals surface area contributed by atoms with Crippen molar-refractivity contribution in [2.24, 2.45) is 0 Å². The van der Waals surface area contributed by atoms with Gasteiger partial charge in [-0.1, -0.05) is 17.7 Å². The molecule has 0 saturated carbocycles. The zero-order valence-electron chi connectivity index (χ0n) is 9.44. The third-order valence-electron chi connectivity index (χ3n) is 3.21. The lowest BCUT2D eigenvalue weighted by atomic mass is 9.99. The zero-order valence-corrected chi connectivity index (χ0v) is 10.2. The average molecular weight is 245 g/mol. The molecule has 0 amide bonds. The number of anilines is 1. The molecule has 2 nitrogen and oxygen atoms in total. The highest BCUT2D eigenvalue weighted by Gasteiger charge is 2.16. The van der Waals surface area contributed by atoms with Crippen LogP contribution in [0.2, 0.25) is 5.02 Å². The van der Waals surface area contributed by atoms with Gasteiger partial charge in [-0.3, -0.25) is 4.98 Å². The van der Waals surface area contributed by atoms with E-state index in [1.807, 2.05) is 18.5 Å². The van der Waals surface area contributed by atoms with E-state index in [9.17, 15) is 0 Å². The molecule has 0 unspecified atom stereocenters. The molecule has 1 aliphatic heterocycles. The van der Waals surface area contributed by atoms with E-state index in [1.165, 1.54) is 16.8 Å². The van der Waals surface area contributed by atoms with Crippen molar-refractivity contribution in [2.75, 3.05) is 11.4 Å². The molecule has 0 spiro atoms. The van der Waals surface area contributed by atoms with Crippen molar-refractivity contribution in [1.82, 2.24) is 4.98 Å². The third kappa shape index (κ3) is 2.13. The summed E-state index contributed by atoms with van der Waals surface area (Å²) in [4.78, 5) is 6.42. The molecule has 17 heavy (non-hydrogen) atoms. The molecule has 0 bridgehead atoms. The summed E-state index contributed by atoms with van der Waals surface area (Å²) in [5.74, 6) is 0. The van der Waals surface area contributed by atoms with Crippen LogP contribution in [0.3, 0.4) is 0 Å². The molecule has 0 aliphatic carbocycles. The van der Waals surface area contributed by atoms with E-state index in [0.29, 0.717) is 0 Å². The fourth-order valence-corrected chi connectivity index (χ4v) is 2.49. The van der Waals surface area contributed by atoms with Crippen molar-refractivity contribution >= 4 is 17.3 Å². The maximum atomic E-state index is 6.01. The van der Waals surface area contributed by atoms with Crippen molar-refractivity contribution in [2.45, 2.75) is 13.0 Å². The van der Waals surface area contributed by atoms with Crippen LogP contribution in [0, 0.1) is 0 Å². The van der Waals surface area contributed by atoms with Gasteiger partial charge in [0.15, 0.2) is 0 Å². The van der Waals surface area contributed by atoms with Gasteiger partial charge in [0.05, 0.1) is 0 Å². The summed E-state index contributed by atoms with van der Waals surface area (Å²) in [6.45, 7) is 1.99. The second-order valence-electron chi connectivity index (χ2n) is 4.29. The second kappa shape index (κ2) is 4.38. The smallest absolute Gasteiger partial charge is 0.0432 e. The first kappa shape index (κ1) is 10.6. The molecule has 0 fully saturated rings. The van der Waals surface area contributed by atoms with E-state index < -0.39 is 0 Å². The number of aromatic nitrogens is 1. The van der Waals surface area contributed by atoms with Crippen LogP contribution in [0.5, 0.6) is 0 Å². The molecule has 0 radical (unpaired) electrons. The first-order valence-corrected chi connectivity index (χ1v) is 6.13. The summed E-state index contributed by atoms with van der Waals surface area (Å²) < 4.78 is 0. The summed E-state index contributed by atoms with van der Waals surface area (Å²) in [6, 6.07) is 10.3. The van der Waals surface area contributed by atoms with Crippen LogP contribution in [0.25, 0.3) is 0 Å². The Morgan fingerprint density at radius 1 is 1.06 bits per heavy atom. The van der Waals surface area contributed by atoms with Gasteiger partial charge >= 0.3 is 0 Å². The molecule has 0 saturated heterocycles. The van der Waals surface area contributed by atoms with E-state index >= 15 is 0 Å². The lowest BCUT2D eigenvalue weighted by Gasteiger charge is -2.30. The molecule has 2 heterocycles. The van der Waals surface area contributed by atoms with Crippen molar-refractivity contribution in [3.05, 3.63) is 58.9 Å². The number of fused-ring (bicyclic) bond motifs is 1. The molecule has 1 aliphatic rings. The quantitative estimate of drug-likeness (QED) is 0.765. The van der Waals surface area contributed by atoms with Crippen LogP contribution in [-0.4, -0.2) is 11.5 Å². The van der Waals surface area contributed by atoms with Gasteiger partial charge in [0.1, 0.15) is 0 Å². The molecule has 3 rings (SSSR count). The lowest BCUT2D eigenvalue weighted by Crippen LogP contribution is -2.30. The van der Waals surface area contributed by atoms with E-state index in [0.717, 1.165) is 24.5 Å². The number of hydrogen-bond acceptors (Lipinski definition) is 2. The van der Waals surface area contributed by atoms with Crippen LogP contribution < -0.4 is 4.90 Å². The third-order valence-corrected chi connectivity index (χ3v) is 3.44. The second-order valence-corrected chi connectivity index (χ2v) is 4.73. The predicted octanol–water partition coefficient (Wildman–Crippen LogP) is 3.30. The normalized spacial score (nSPS) is 14.5. The summed E-state index contributed by atoms with van der Waals surface area (Å²) in [5, 5.41) is 0.834. The van der Waals surface area contributed by atoms with Crippen molar-refractivity contribution in [1.29, 1.82) is 0 Å². The summed E-state index contributed by atoms with van der Waals surface area (Å²) in [5.41, 5.74) is 3.99. The first-order chi connectivity index (χ1) is 8.33. The van der Waals surface area contributed by atoms with E-state index in [1.54, 1.807) is 0 Å². The van der Waals surface area contributed by atoms with Gasteiger partial charge in [-0.25, -0.2) is 0 Å². The zero-order chi connectivity index (χ0) is 11.7. The van der Waals surface area contributed by atoms with Gasteiger partial charge in [0.2, 0.25) is 0 Å². The van der Waals surface area contributed by atoms with Crippen LogP contribution in [-0.2, 0) is 13.0 Å². The van der Waals surface area contributed by atoms with Crippen LogP contribution in [0.4, 0.5) is 5.69 Å². The Morgan fingerprint density at radius 3 is 2.71 bits per heavy atom. The summed E-state index contributed by atoms with van der Waals surface area (Å²) in [7, 11) is 0. The average Bonchev–Trinajstić information content (AvgIpc) is 2.39. The predicted molar refractivity (Wildman–Crippen MR) is 70.4 cm³/mol. The molecule has 86 valence electrons. The van der Waals surface area contributed by atoms with Crippen molar-refractivity contribution < 1.29 is 0 Å². The Labute approximate surface area is 106 Å². The Bertz CT molecular complexity index is 525. The summed E-state index contributed by atoms with van der Waals surface area (Å²) in [6.07, 6.45) is 4.73. The molecular weight excluding hydrogens is 232 g/mol. The Kier molecular flexibility index (Phi) is 2.73. The monoisotopic (exact) mass is 244 g/mol. The summed E-state index contributed by atoms with van der Waals surface area (Å²) >= 11 is 6.01. The molecule has 1 aromatic carbocycles. The van der Waals surface area contributed by atoms with Gasteiger partial charge in [-0.15, -0.1) is 0 Å². The number of rotatable bonds is 1. The van der Waals surface area contributed by atoms with Crippen LogP contribution >= 0.6 is 11.6 Å². The largest absolute Gasteiger partial charge is 0.367 e. The number of halogens is 1. The van der Waals surface area contributed by atoms with Gasteiger partial charge in [0, 0.05) is 36.2 Å². The van der Waals surface area contributed by atoms with Crippen molar-refractivity contribution in [3.8, 4) is 0 Å². The fourth-order valence-electron chi connectivity index (χ4n) is 2.30. The fraction of sp³-hybridized carbons (Fsp3) is 0.214. The highest BCUT2D eigenvalue weighted by Crippen LogP contribution is 2.25. The highest BCUT2D eigenvalue weighted by atomic mass is 35.5. The SMILES string of the molecule is Clc1ccc2c(c1)CCN(c1ccncc1)C2. The minimum atomic E-state index is 0.834. The highest BCUT2D eigenvalue weighted by molar-refractivity contribution is 6.30. The Morgan fingerprint density at radius 2 is 1.88 bits per heavy atom. The maximum absolute atomic E-state index is 6.01. The standard InChI is InChI=1S/C14H13ClN2/c15-13-2-1-12-10-17(8-5-11(12)9-13)14-3-6-16-7-4-14/h1-4,6-7,9H,5,8,10H2. The van der Waals surface area contributed by atoms with Crippen molar-refractivity contribution in [3.63, 3.8) is 0 Å². The molecule has 0 atom stereocenters. The molecule has 1 aromatic heterocycles. The number of benzene rings is 1. The van der Waals surface area contributed by atoms with Gasteiger partial charge in [0.25, 0.3) is 0 Å². The minimum absolute atomic E-state index is 0.834. The minimum Gasteiger partial charge on any atom is -0.367 e. The van der Waals surface area contributed by atoms with Gasteiger partial charge < -0.3 is 4.90 Å². The lowest BCUT2D eigenvalue weighted by molar-refractivity contribution is 0.731. The topological polar surface area (TPSA) is 16.1 Å². The first-order valence-electron chi connectivity index (χ1n) is 5.75. The number of nitrogens with zero attached hydrogens (tertiary/aromatic N) is 2. The van der Waals surface area contributed by atoms with Gasteiger partial charge in [-0.05, 0) is 41.8 Å². The number of pyridine rings is 1. The Hall–Kier alpha value is -1.54. The van der Waals surface area contributed by atoms with Crippen LogP contribution in [0.15, 0.2) is 42.7 Å². The maximum Gasteiger partial charge on any atom is 0.0432 e. The van der Waals surface area contributed by atoms with Gasteiger partial charge in [-0.2, -0.15) is 0 Å². The number of hydrogen-bond donors (Lipinski definition) is 0. The van der Waals surface area contributed by atoms with E-state index in [4.69, 9.17) is 11.6 Å². The van der Waals surface area contributed by atoms with E-state index in [2.05, 4.69) is 34.1 Å². The molecular formula is C14H13ClN2. The molecule has 2 aromatic rings. The van der Waals surface area contributed by atoms with E-state index in [-0.39, 0.29) is 0 Å². The Balaban J connectivity index is 1.88.